The van der Waals surface area contributed by atoms with Crippen LogP contribution in [0.2, 0.25) is 0 Å². The molecule has 1 aliphatic carbocycles. The number of fused-ring (bicyclic) bond motifs is 1. The highest BCUT2D eigenvalue weighted by atomic mass is 16.2. The Bertz CT molecular complexity index is 1070. The maximum atomic E-state index is 12.7. The van der Waals surface area contributed by atoms with E-state index in [1.54, 1.807) is 18.3 Å². The van der Waals surface area contributed by atoms with E-state index in [4.69, 9.17) is 0 Å². The topological polar surface area (TPSA) is 62.3 Å². The first-order valence-corrected chi connectivity index (χ1v) is 10.6. The van der Waals surface area contributed by atoms with Gasteiger partial charge in [-0.1, -0.05) is 31.4 Å². The van der Waals surface area contributed by atoms with Crippen LogP contribution in [0, 0.1) is 6.42 Å². The van der Waals surface area contributed by atoms with Crippen LogP contribution >= 0.6 is 0 Å². The van der Waals surface area contributed by atoms with Gasteiger partial charge in [-0.2, -0.15) is 0 Å². The van der Waals surface area contributed by atoms with E-state index in [2.05, 4.69) is 35.6 Å². The zero-order chi connectivity index (χ0) is 21.8. The lowest BCUT2D eigenvalue weighted by Crippen LogP contribution is -2.29. The second kappa shape index (κ2) is 9.13. The Morgan fingerprint density at radius 2 is 2.10 bits per heavy atom. The fourth-order valence-corrected chi connectivity index (χ4v) is 3.78. The first-order valence-electron chi connectivity index (χ1n) is 10.6. The van der Waals surface area contributed by atoms with Crippen LogP contribution in [0.15, 0.2) is 78.1 Å². The lowest BCUT2D eigenvalue weighted by atomic mass is 9.98. The van der Waals surface area contributed by atoms with E-state index in [-0.39, 0.29) is 11.8 Å². The van der Waals surface area contributed by atoms with Crippen molar-refractivity contribution in [2.45, 2.75) is 25.7 Å². The van der Waals surface area contributed by atoms with Gasteiger partial charge in [0.1, 0.15) is 5.82 Å². The van der Waals surface area contributed by atoms with Crippen LogP contribution < -0.4 is 5.32 Å². The lowest BCUT2D eigenvalue weighted by molar-refractivity contribution is -0.125. The number of aryl methyl sites for hydroxylation is 1. The quantitative estimate of drug-likeness (QED) is 0.558. The molecule has 0 saturated carbocycles. The number of amides is 2. The number of nitrogens with zero attached hydrogens (tertiary/aromatic N) is 2. The third-order valence-electron chi connectivity index (χ3n) is 5.65. The smallest absolute Gasteiger partial charge is 0.246 e. The summed E-state index contributed by atoms with van der Waals surface area (Å²) in [5.41, 5.74) is 6.31. The minimum absolute atomic E-state index is 0.00575. The molecule has 2 aliphatic heterocycles. The third-order valence-corrected chi connectivity index (χ3v) is 5.65. The molecule has 3 aliphatic rings. The fourth-order valence-electron chi connectivity index (χ4n) is 3.78. The minimum Gasteiger partial charge on any atom is -0.335 e. The highest BCUT2D eigenvalue weighted by molar-refractivity contribution is 5.94. The first-order chi connectivity index (χ1) is 15.0. The normalized spacial score (nSPS) is 18.5. The van der Waals surface area contributed by atoms with E-state index in [1.807, 2.05) is 29.5 Å². The van der Waals surface area contributed by atoms with E-state index in [1.165, 1.54) is 11.1 Å². The van der Waals surface area contributed by atoms with E-state index in [0.717, 1.165) is 35.1 Å². The van der Waals surface area contributed by atoms with Crippen molar-refractivity contribution >= 4 is 23.7 Å². The van der Waals surface area contributed by atoms with Crippen LogP contribution in [0.4, 0.5) is 5.82 Å². The Morgan fingerprint density at radius 1 is 1.26 bits per heavy atom. The number of anilines is 1. The maximum Gasteiger partial charge on any atom is 0.246 e. The molecule has 1 N–H and O–H groups in total. The summed E-state index contributed by atoms with van der Waals surface area (Å²) in [5.74, 6) is 0.595. The van der Waals surface area contributed by atoms with Gasteiger partial charge in [0.15, 0.2) is 0 Å². The van der Waals surface area contributed by atoms with Crippen molar-refractivity contribution in [3.05, 3.63) is 95.6 Å². The van der Waals surface area contributed by atoms with Crippen molar-refractivity contribution in [1.82, 2.24) is 9.88 Å². The molecule has 2 amide bonds. The van der Waals surface area contributed by atoms with Crippen LogP contribution in [0.5, 0.6) is 0 Å². The van der Waals surface area contributed by atoms with Crippen LogP contribution in [-0.2, 0) is 16.0 Å². The Labute approximate surface area is 183 Å². The molecule has 1 aromatic rings. The standard InChI is InChI=1S/C26H26N3O2/c1-3-20(15-18(2)21-7-8-21)22-5-4-13-29(14-12-22)25(31)11-6-19-16-23-9-10-24(30)28-26(23)27-17-19/h3,6-8,11-12,15-17H,1-2,4-5,9-10,13-14H2,(H,27,28,30)/b11-6+,20-15+. The number of carbonyl (C=O) groups is 2. The van der Waals surface area contributed by atoms with Gasteiger partial charge in [-0.25, -0.2) is 4.98 Å². The summed E-state index contributed by atoms with van der Waals surface area (Å²) < 4.78 is 0. The van der Waals surface area contributed by atoms with Crippen LogP contribution in [0.25, 0.3) is 6.08 Å². The molecule has 0 aromatic carbocycles. The van der Waals surface area contributed by atoms with Crippen molar-refractivity contribution in [2.24, 2.45) is 0 Å². The van der Waals surface area contributed by atoms with Gasteiger partial charge in [0.2, 0.25) is 11.8 Å². The number of aromatic nitrogens is 1. The number of hydrogen-bond donors (Lipinski definition) is 1. The van der Waals surface area contributed by atoms with Gasteiger partial charge in [-0.3, -0.25) is 9.59 Å². The molecule has 0 fully saturated rings. The summed E-state index contributed by atoms with van der Waals surface area (Å²) in [6.07, 6.45) is 18.1. The number of rotatable bonds is 6. The fraction of sp³-hybridized carbons (Fsp3) is 0.231. The highest BCUT2D eigenvalue weighted by Gasteiger charge is 2.17. The summed E-state index contributed by atoms with van der Waals surface area (Å²) >= 11 is 0. The number of carbonyl (C=O) groups excluding carboxylic acids is 2. The molecule has 0 saturated heterocycles. The molecule has 31 heavy (non-hydrogen) atoms. The first kappa shape index (κ1) is 20.8. The second-order valence-electron chi connectivity index (χ2n) is 7.89. The molecule has 4 rings (SSSR count). The predicted octanol–water partition coefficient (Wildman–Crippen LogP) is 4.34. The molecule has 5 heteroatoms. The highest BCUT2D eigenvalue weighted by Crippen LogP contribution is 2.29. The van der Waals surface area contributed by atoms with Crippen molar-refractivity contribution in [2.75, 3.05) is 18.4 Å². The molecule has 0 bridgehead atoms. The van der Waals surface area contributed by atoms with Crippen molar-refractivity contribution in [3.8, 4) is 0 Å². The Hall–Kier alpha value is -3.47. The van der Waals surface area contributed by atoms with Gasteiger partial charge < -0.3 is 10.2 Å². The van der Waals surface area contributed by atoms with Gasteiger partial charge in [0.25, 0.3) is 0 Å². The predicted molar refractivity (Wildman–Crippen MR) is 124 cm³/mol. The molecular formula is C26H26N3O2. The molecule has 0 spiro atoms. The average Bonchev–Trinajstić information content (AvgIpc) is 3.63. The summed E-state index contributed by atoms with van der Waals surface area (Å²) in [7, 11) is 0. The summed E-state index contributed by atoms with van der Waals surface area (Å²) in [5, 5.41) is 2.77. The van der Waals surface area contributed by atoms with Crippen LogP contribution in [0.1, 0.15) is 30.4 Å². The summed E-state index contributed by atoms with van der Waals surface area (Å²) in [6.45, 7) is 9.33. The van der Waals surface area contributed by atoms with E-state index in [0.29, 0.717) is 31.7 Å². The molecule has 1 aromatic heterocycles. The van der Waals surface area contributed by atoms with Crippen LogP contribution in [0.3, 0.4) is 0 Å². The molecular weight excluding hydrogens is 386 g/mol. The van der Waals surface area contributed by atoms with Crippen molar-refractivity contribution in [3.63, 3.8) is 0 Å². The Morgan fingerprint density at radius 3 is 2.87 bits per heavy atom. The zero-order valence-corrected chi connectivity index (χ0v) is 17.6. The number of hydrogen-bond acceptors (Lipinski definition) is 3. The lowest BCUT2D eigenvalue weighted by Gasteiger charge is -2.17. The number of nitrogens with one attached hydrogen (secondary N) is 1. The second-order valence-corrected chi connectivity index (χ2v) is 7.89. The molecule has 3 heterocycles. The molecule has 0 atom stereocenters. The molecule has 1 radical (unpaired) electrons. The Balaban J connectivity index is 1.41. The van der Waals surface area contributed by atoms with Crippen molar-refractivity contribution < 1.29 is 9.59 Å². The average molecular weight is 413 g/mol. The van der Waals surface area contributed by atoms with Gasteiger partial charge in [0, 0.05) is 38.2 Å². The largest absolute Gasteiger partial charge is 0.335 e. The monoisotopic (exact) mass is 412 g/mol. The van der Waals surface area contributed by atoms with Gasteiger partial charge in [0.05, 0.1) is 0 Å². The minimum atomic E-state index is -0.0187. The third kappa shape index (κ3) is 5.18. The van der Waals surface area contributed by atoms with Crippen LogP contribution in [-0.4, -0.2) is 34.8 Å². The molecule has 157 valence electrons. The SMILES string of the molecule is C=C/C(=C\C(=C)C1=C[CH]1)C1=CCN(C(=O)/C=C/c2cnc3c(c2)CCC(=O)N3)CCC1. The van der Waals surface area contributed by atoms with E-state index in [9.17, 15) is 9.59 Å². The van der Waals surface area contributed by atoms with Crippen molar-refractivity contribution in [1.29, 1.82) is 0 Å². The number of pyridine rings is 1. The van der Waals surface area contributed by atoms with Gasteiger partial charge >= 0.3 is 0 Å². The molecule has 0 unspecified atom stereocenters. The zero-order valence-electron chi connectivity index (χ0n) is 17.6. The summed E-state index contributed by atoms with van der Waals surface area (Å²) in [6, 6.07) is 1.98. The van der Waals surface area contributed by atoms with E-state index >= 15 is 0 Å². The van der Waals surface area contributed by atoms with E-state index < -0.39 is 0 Å². The summed E-state index contributed by atoms with van der Waals surface area (Å²) in [4.78, 5) is 30.4. The van der Waals surface area contributed by atoms with Gasteiger partial charge in [-0.15, -0.1) is 0 Å². The molecule has 5 nitrogen and oxygen atoms in total. The van der Waals surface area contributed by atoms with Gasteiger partial charge in [-0.05, 0) is 70.9 Å². The maximum absolute atomic E-state index is 12.7. The Kier molecular flexibility index (Phi) is 6.12. The number of allylic oxidation sites excluding steroid dienone is 7.